The second-order valence-corrected chi connectivity index (χ2v) is 17.4. The molecule has 6 heterocycles. The van der Waals surface area contributed by atoms with Crippen LogP contribution in [0.4, 0.5) is 42.0 Å². The minimum atomic E-state index is -3.22. The Morgan fingerprint density at radius 2 is 1.78 bits per heavy atom. The zero-order valence-electron chi connectivity index (χ0n) is 34.8. The second kappa shape index (κ2) is 17.0. The van der Waals surface area contributed by atoms with Crippen molar-refractivity contribution in [1.29, 1.82) is 0 Å². The van der Waals surface area contributed by atoms with Crippen molar-refractivity contribution in [2.24, 2.45) is 18.9 Å². The SMILES string of the molecule is COc1cc(N2CCN(CC3CCN(c4ncc(Cl)c(Nc5cc6c7c(c(=O)n(C)c6cc5F)OCC(F)(F)C(C5CC5)N7)n4)CC3)CC2)ccc1C(=O)NC1CCC(=O)NC1=O. The lowest BCUT2D eigenvalue weighted by molar-refractivity contribution is -0.134. The van der Waals surface area contributed by atoms with Crippen LogP contribution in [0.1, 0.15) is 48.9 Å². The number of imide groups is 1. The quantitative estimate of drug-likeness (QED) is 0.162. The number of pyridine rings is 1. The van der Waals surface area contributed by atoms with Gasteiger partial charge in [-0.15, -0.1) is 0 Å². The number of carbonyl (C=O) groups excluding carboxylic acids is 3. The van der Waals surface area contributed by atoms with Crippen molar-refractivity contribution in [1.82, 2.24) is 30.1 Å². The summed E-state index contributed by atoms with van der Waals surface area (Å²) in [5.41, 5.74) is 0.894. The van der Waals surface area contributed by atoms with Crippen LogP contribution in [-0.2, 0) is 16.6 Å². The molecule has 2 aromatic heterocycles. The summed E-state index contributed by atoms with van der Waals surface area (Å²) >= 11 is 6.55. The summed E-state index contributed by atoms with van der Waals surface area (Å²) in [6.45, 7) is 4.71. The van der Waals surface area contributed by atoms with Crippen LogP contribution in [0, 0.1) is 17.7 Å². The van der Waals surface area contributed by atoms with Gasteiger partial charge >= 0.3 is 5.92 Å². The molecule has 334 valence electrons. The lowest BCUT2D eigenvalue weighted by atomic mass is 9.96. The zero-order chi connectivity index (χ0) is 44.2. The Balaban J connectivity index is 0.809. The Hall–Kier alpha value is -5.82. The molecular formula is C43H48ClF3N10O6. The van der Waals surface area contributed by atoms with Gasteiger partial charge in [-0.05, 0) is 62.1 Å². The highest BCUT2D eigenvalue weighted by molar-refractivity contribution is 6.33. The number of methoxy groups -OCH3 is 1. The number of amides is 3. The number of alkyl halides is 2. The normalized spacial score (nSPS) is 21.8. The van der Waals surface area contributed by atoms with Crippen molar-refractivity contribution in [2.75, 3.05) is 80.0 Å². The second-order valence-electron chi connectivity index (χ2n) is 17.0. The van der Waals surface area contributed by atoms with E-state index >= 15 is 13.2 Å². The number of aryl methyl sites for hydroxylation is 1. The lowest BCUT2D eigenvalue weighted by Gasteiger charge is -2.39. The van der Waals surface area contributed by atoms with Crippen LogP contribution in [0.25, 0.3) is 10.9 Å². The van der Waals surface area contributed by atoms with Crippen molar-refractivity contribution in [3.05, 3.63) is 63.3 Å². The van der Waals surface area contributed by atoms with Gasteiger partial charge in [0.25, 0.3) is 11.5 Å². The van der Waals surface area contributed by atoms with Gasteiger partial charge < -0.3 is 39.8 Å². The summed E-state index contributed by atoms with van der Waals surface area (Å²) in [5.74, 6) is -4.27. The van der Waals surface area contributed by atoms with E-state index in [1.54, 1.807) is 6.07 Å². The molecule has 2 atom stereocenters. The fraction of sp³-hybridized carbons (Fsp3) is 0.488. The van der Waals surface area contributed by atoms with E-state index in [2.05, 4.69) is 45.9 Å². The number of halogens is 4. The van der Waals surface area contributed by atoms with Crippen LogP contribution in [0.15, 0.2) is 41.3 Å². The first-order chi connectivity index (χ1) is 30.3. The van der Waals surface area contributed by atoms with Gasteiger partial charge in [0.05, 0.1) is 41.8 Å². The third-order valence-corrected chi connectivity index (χ3v) is 13.1. The molecule has 4 aromatic rings. The zero-order valence-corrected chi connectivity index (χ0v) is 35.6. The average molecular weight is 893 g/mol. The van der Waals surface area contributed by atoms with Gasteiger partial charge in [0.1, 0.15) is 22.6 Å². The lowest BCUT2D eigenvalue weighted by Crippen LogP contribution is -2.52. The van der Waals surface area contributed by atoms with Crippen molar-refractivity contribution >= 4 is 69.1 Å². The molecule has 4 fully saturated rings. The van der Waals surface area contributed by atoms with Gasteiger partial charge in [0, 0.05) is 82.5 Å². The van der Waals surface area contributed by atoms with Gasteiger partial charge in [-0.2, -0.15) is 4.98 Å². The monoisotopic (exact) mass is 892 g/mol. The molecule has 1 saturated carbocycles. The summed E-state index contributed by atoms with van der Waals surface area (Å²) in [6.07, 6.45) is 4.96. The highest BCUT2D eigenvalue weighted by atomic mass is 35.5. The van der Waals surface area contributed by atoms with Crippen LogP contribution in [0.5, 0.6) is 11.5 Å². The van der Waals surface area contributed by atoms with E-state index in [0.717, 1.165) is 51.3 Å². The van der Waals surface area contributed by atoms with E-state index < -0.39 is 47.8 Å². The number of rotatable bonds is 10. The summed E-state index contributed by atoms with van der Waals surface area (Å²) in [4.78, 5) is 65.9. The van der Waals surface area contributed by atoms with E-state index in [1.165, 1.54) is 37.1 Å². The first-order valence-electron chi connectivity index (χ1n) is 21.2. The van der Waals surface area contributed by atoms with Crippen molar-refractivity contribution in [2.45, 2.75) is 56.5 Å². The van der Waals surface area contributed by atoms with Gasteiger partial charge in [-0.3, -0.25) is 29.4 Å². The first kappa shape index (κ1) is 42.5. The number of fused-ring (bicyclic) bond motifs is 3. The maximum Gasteiger partial charge on any atom is 0.301 e. The summed E-state index contributed by atoms with van der Waals surface area (Å²) in [6, 6.07) is 6.04. The van der Waals surface area contributed by atoms with Crippen LogP contribution in [0.3, 0.4) is 0 Å². The molecule has 3 amide bonds. The standard InChI is InChI=1S/C43H48ClF3N10O6/c1-54-32-19-29(45)31(18-27(32)35-36(41(54)61)63-22-43(46,47)37(52-35)24-3-4-24)49-38-28(44)20-48-42(53-38)57-11-9-23(10-12-57)21-55-13-15-56(16-14-55)25-5-6-26(33(17-25)62-2)39(59)50-30-7-8-34(58)51-40(30)60/h5-6,17-20,23-24,30,37,52H,3-4,7-16,21-22H2,1-2H3,(H,50,59)(H,48,49,53)(H,51,58,60). The summed E-state index contributed by atoms with van der Waals surface area (Å²) < 4.78 is 58.3. The molecule has 4 N–H and O–H groups in total. The molecule has 16 nitrogen and oxygen atoms in total. The molecule has 4 aliphatic heterocycles. The highest BCUT2D eigenvalue weighted by Crippen LogP contribution is 2.46. The maximum atomic E-state index is 15.8. The number of piperidine rings is 2. The number of piperazine rings is 1. The smallest absolute Gasteiger partial charge is 0.301 e. The minimum Gasteiger partial charge on any atom is -0.496 e. The molecule has 0 bridgehead atoms. The molecule has 2 aromatic carbocycles. The topological polar surface area (TPSA) is 175 Å². The number of ether oxygens (including phenoxy) is 2. The van der Waals surface area contributed by atoms with Crippen molar-refractivity contribution < 1.29 is 37.0 Å². The Morgan fingerprint density at radius 1 is 1.02 bits per heavy atom. The Labute approximate surface area is 365 Å². The van der Waals surface area contributed by atoms with Crippen LogP contribution < -0.4 is 46.1 Å². The third-order valence-electron chi connectivity index (χ3n) is 12.8. The predicted molar refractivity (Wildman–Crippen MR) is 230 cm³/mol. The molecule has 2 unspecified atom stereocenters. The number of nitrogens with zero attached hydrogens (tertiary/aromatic N) is 6. The molecular weight excluding hydrogens is 845 g/mol. The van der Waals surface area contributed by atoms with Crippen molar-refractivity contribution in [3.8, 4) is 11.5 Å². The average Bonchev–Trinajstić information content (AvgIpc) is 4.13. The third kappa shape index (κ3) is 8.64. The highest BCUT2D eigenvalue weighted by Gasteiger charge is 2.51. The van der Waals surface area contributed by atoms with Gasteiger partial charge in [0.15, 0.2) is 12.4 Å². The largest absolute Gasteiger partial charge is 0.496 e. The van der Waals surface area contributed by atoms with E-state index in [9.17, 15) is 19.2 Å². The number of nitrogens with one attached hydrogen (secondary N) is 4. The predicted octanol–water partition coefficient (Wildman–Crippen LogP) is 4.67. The molecule has 63 heavy (non-hydrogen) atoms. The van der Waals surface area contributed by atoms with E-state index in [1.807, 2.05) is 12.1 Å². The van der Waals surface area contributed by atoms with Crippen LogP contribution >= 0.6 is 11.6 Å². The number of anilines is 5. The molecule has 0 radical (unpaired) electrons. The number of benzene rings is 2. The first-order valence-corrected chi connectivity index (χ1v) is 21.6. The van der Waals surface area contributed by atoms with Gasteiger partial charge in [-0.25, -0.2) is 18.2 Å². The fourth-order valence-corrected chi connectivity index (χ4v) is 9.18. The molecule has 1 aliphatic carbocycles. The minimum absolute atomic E-state index is 0.0138. The van der Waals surface area contributed by atoms with E-state index in [0.29, 0.717) is 54.5 Å². The van der Waals surface area contributed by atoms with Crippen molar-refractivity contribution in [3.63, 3.8) is 0 Å². The van der Waals surface area contributed by atoms with E-state index in [-0.39, 0.29) is 58.1 Å². The Bertz CT molecular complexity index is 2530. The maximum absolute atomic E-state index is 15.8. The number of carbonyl (C=O) groups is 3. The molecule has 3 saturated heterocycles. The van der Waals surface area contributed by atoms with Crippen LogP contribution in [-0.4, -0.2) is 115 Å². The number of aromatic nitrogens is 3. The van der Waals surface area contributed by atoms with Gasteiger partial charge in [0.2, 0.25) is 23.5 Å². The summed E-state index contributed by atoms with van der Waals surface area (Å²) in [7, 11) is 2.94. The summed E-state index contributed by atoms with van der Waals surface area (Å²) in [5, 5.41) is 11.4. The van der Waals surface area contributed by atoms with Gasteiger partial charge in [-0.1, -0.05) is 11.6 Å². The molecule has 9 rings (SSSR count). The molecule has 5 aliphatic rings. The molecule has 0 spiro atoms. The Morgan fingerprint density at radius 3 is 2.49 bits per heavy atom. The van der Waals surface area contributed by atoms with Crippen LogP contribution in [0.2, 0.25) is 5.02 Å². The van der Waals surface area contributed by atoms with E-state index in [4.69, 9.17) is 21.1 Å². The number of hydrogen-bond donors (Lipinski definition) is 4. The number of hydrogen-bond acceptors (Lipinski definition) is 13. The molecule has 20 heteroatoms. The Kier molecular flexibility index (Phi) is 11.5. The fourth-order valence-electron chi connectivity index (χ4n) is 9.04.